The highest BCUT2D eigenvalue weighted by Gasteiger charge is 2.20. The van der Waals surface area contributed by atoms with Crippen LogP contribution >= 0.6 is 0 Å². The molecule has 0 spiro atoms. The summed E-state index contributed by atoms with van der Waals surface area (Å²) in [6, 6.07) is 19.1. The van der Waals surface area contributed by atoms with Gasteiger partial charge in [-0.2, -0.15) is 0 Å². The summed E-state index contributed by atoms with van der Waals surface area (Å²) in [7, 11) is 0. The summed E-state index contributed by atoms with van der Waals surface area (Å²) in [6.45, 7) is 4.12. The van der Waals surface area contributed by atoms with Gasteiger partial charge < -0.3 is 4.42 Å². The molecule has 0 unspecified atom stereocenters. The van der Waals surface area contributed by atoms with Crippen LogP contribution in [0.1, 0.15) is 41.6 Å². The van der Waals surface area contributed by atoms with Gasteiger partial charge >= 0.3 is 0 Å². The lowest BCUT2D eigenvalue weighted by atomic mass is 10.0. The molecular weight excluding hydrogens is 286 g/mol. The van der Waals surface area contributed by atoms with Crippen molar-refractivity contribution in [1.82, 2.24) is 4.98 Å². The molecule has 0 atom stereocenters. The Hall–Kier alpha value is -2.68. The molecule has 3 rings (SSSR count). The van der Waals surface area contributed by atoms with Crippen LogP contribution in [0.15, 0.2) is 65.1 Å². The number of oxazole rings is 1. The van der Waals surface area contributed by atoms with Crippen molar-refractivity contribution in [2.45, 2.75) is 26.2 Å². The molecule has 0 radical (unpaired) electrons. The average Bonchev–Trinajstić information content (AvgIpc) is 3.00. The number of hydrogen-bond acceptors (Lipinski definition) is 3. The zero-order valence-corrected chi connectivity index (χ0v) is 13.3. The third kappa shape index (κ3) is 3.39. The molecule has 0 aliphatic rings. The zero-order chi connectivity index (χ0) is 16.2. The Morgan fingerprint density at radius 3 is 2.22 bits per heavy atom. The molecule has 3 nitrogen and oxygen atoms in total. The van der Waals surface area contributed by atoms with Crippen LogP contribution in [0.4, 0.5) is 0 Å². The fourth-order valence-corrected chi connectivity index (χ4v) is 2.52. The molecule has 0 saturated heterocycles. The van der Waals surface area contributed by atoms with Crippen LogP contribution in [0, 0.1) is 0 Å². The van der Waals surface area contributed by atoms with Crippen LogP contribution in [0.25, 0.3) is 11.5 Å². The van der Waals surface area contributed by atoms with Crippen LogP contribution in [-0.4, -0.2) is 10.8 Å². The first-order valence-corrected chi connectivity index (χ1v) is 7.78. The quantitative estimate of drug-likeness (QED) is 0.630. The maximum atomic E-state index is 12.4. The van der Waals surface area contributed by atoms with Crippen LogP contribution in [0.3, 0.4) is 0 Å². The zero-order valence-electron chi connectivity index (χ0n) is 13.3. The van der Waals surface area contributed by atoms with Crippen molar-refractivity contribution < 1.29 is 9.21 Å². The van der Waals surface area contributed by atoms with Gasteiger partial charge in [0.25, 0.3) is 0 Å². The molecule has 1 aromatic heterocycles. The number of ketones is 1. The molecule has 23 heavy (non-hydrogen) atoms. The van der Waals surface area contributed by atoms with Gasteiger partial charge in [-0.1, -0.05) is 62.4 Å². The second-order valence-corrected chi connectivity index (χ2v) is 5.81. The van der Waals surface area contributed by atoms with Gasteiger partial charge in [0.2, 0.25) is 5.89 Å². The summed E-state index contributed by atoms with van der Waals surface area (Å²) in [4.78, 5) is 17.1. The molecule has 3 aromatic rings. The van der Waals surface area contributed by atoms with E-state index >= 15 is 0 Å². The second kappa shape index (κ2) is 6.61. The fourth-order valence-electron chi connectivity index (χ4n) is 2.52. The largest absolute Gasteiger partial charge is 0.440 e. The predicted molar refractivity (Wildman–Crippen MR) is 90.5 cm³/mol. The third-order valence-electron chi connectivity index (χ3n) is 3.71. The summed E-state index contributed by atoms with van der Waals surface area (Å²) >= 11 is 0. The van der Waals surface area contributed by atoms with E-state index in [1.54, 1.807) is 0 Å². The molecule has 116 valence electrons. The number of hydrogen-bond donors (Lipinski definition) is 0. The highest BCUT2D eigenvalue weighted by Crippen LogP contribution is 2.27. The minimum atomic E-state index is 0.0447. The van der Waals surface area contributed by atoms with Crippen LogP contribution in [0.2, 0.25) is 0 Å². The van der Waals surface area contributed by atoms with Crippen molar-refractivity contribution in [2.75, 3.05) is 0 Å². The molecule has 0 fully saturated rings. The van der Waals surface area contributed by atoms with E-state index in [0.717, 1.165) is 11.3 Å². The van der Waals surface area contributed by atoms with Crippen molar-refractivity contribution in [3.05, 3.63) is 77.7 Å². The van der Waals surface area contributed by atoms with Crippen molar-refractivity contribution in [2.24, 2.45) is 0 Å². The molecule has 0 bridgehead atoms. The summed E-state index contributed by atoms with van der Waals surface area (Å²) in [5, 5.41) is 0. The Morgan fingerprint density at radius 1 is 1.00 bits per heavy atom. The molecule has 0 aliphatic heterocycles. The first-order valence-electron chi connectivity index (χ1n) is 7.78. The number of aromatic nitrogens is 1. The van der Waals surface area contributed by atoms with Gasteiger partial charge in [-0.05, 0) is 18.1 Å². The molecule has 0 aliphatic carbocycles. The van der Waals surface area contributed by atoms with E-state index < -0.39 is 0 Å². The summed E-state index contributed by atoms with van der Waals surface area (Å²) in [5.74, 6) is 1.48. The van der Waals surface area contributed by atoms with Gasteiger partial charge in [0.1, 0.15) is 5.76 Å². The van der Waals surface area contributed by atoms with Crippen molar-refractivity contribution in [3.8, 4) is 11.5 Å². The van der Waals surface area contributed by atoms with Gasteiger partial charge in [-0.25, -0.2) is 4.98 Å². The van der Waals surface area contributed by atoms with E-state index in [1.807, 2.05) is 60.7 Å². The molecule has 1 heterocycles. The number of rotatable bonds is 5. The van der Waals surface area contributed by atoms with Crippen molar-refractivity contribution >= 4 is 5.78 Å². The van der Waals surface area contributed by atoms with Crippen LogP contribution in [-0.2, 0) is 6.42 Å². The van der Waals surface area contributed by atoms with Gasteiger partial charge in [-0.15, -0.1) is 0 Å². The maximum Gasteiger partial charge on any atom is 0.226 e. The van der Waals surface area contributed by atoms with E-state index in [-0.39, 0.29) is 18.1 Å². The Morgan fingerprint density at radius 2 is 1.61 bits per heavy atom. The molecular formula is C20H19NO2. The summed E-state index contributed by atoms with van der Waals surface area (Å²) < 4.78 is 5.92. The Balaban J connectivity index is 1.92. The van der Waals surface area contributed by atoms with Gasteiger partial charge in [0.15, 0.2) is 5.78 Å². The number of Topliss-reactive ketones (excluding diaryl/α,β-unsaturated/α-hetero) is 1. The fraction of sp³-hybridized carbons (Fsp3) is 0.200. The number of carbonyl (C=O) groups is 1. The van der Waals surface area contributed by atoms with Gasteiger partial charge in [-0.3, -0.25) is 4.79 Å². The maximum absolute atomic E-state index is 12.4. The van der Waals surface area contributed by atoms with Crippen LogP contribution in [0.5, 0.6) is 0 Å². The Bertz CT molecular complexity index is 789. The highest BCUT2D eigenvalue weighted by atomic mass is 16.4. The highest BCUT2D eigenvalue weighted by molar-refractivity contribution is 5.97. The lowest BCUT2D eigenvalue weighted by molar-refractivity contribution is 0.0987. The topological polar surface area (TPSA) is 43.1 Å². The van der Waals surface area contributed by atoms with E-state index in [1.165, 1.54) is 0 Å². The standard InChI is InChI=1S/C20H19NO2/c1-14(2)19-18(13-17(22)15-9-5-3-6-10-15)23-20(21-19)16-11-7-4-8-12-16/h3-12,14H,13H2,1-2H3. The third-order valence-corrected chi connectivity index (χ3v) is 3.71. The Labute approximate surface area is 136 Å². The van der Waals surface area contributed by atoms with E-state index in [0.29, 0.717) is 17.2 Å². The van der Waals surface area contributed by atoms with E-state index in [4.69, 9.17) is 4.42 Å². The minimum Gasteiger partial charge on any atom is -0.440 e. The lowest BCUT2D eigenvalue weighted by Gasteiger charge is -2.03. The SMILES string of the molecule is CC(C)c1nc(-c2ccccc2)oc1CC(=O)c1ccccc1. The van der Waals surface area contributed by atoms with E-state index in [2.05, 4.69) is 18.8 Å². The first kappa shape index (κ1) is 15.2. The van der Waals surface area contributed by atoms with Gasteiger partial charge in [0.05, 0.1) is 12.1 Å². The van der Waals surface area contributed by atoms with E-state index in [9.17, 15) is 4.79 Å². The second-order valence-electron chi connectivity index (χ2n) is 5.81. The lowest BCUT2D eigenvalue weighted by Crippen LogP contribution is -2.05. The van der Waals surface area contributed by atoms with Gasteiger partial charge in [0, 0.05) is 11.1 Å². The molecule has 0 saturated carbocycles. The monoisotopic (exact) mass is 305 g/mol. The summed E-state index contributed by atoms with van der Waals surface area (Å²) in [6.07, 6.45) is 0.233. The number of nitrogens with zero attached hydrogens (tertiary/aromatic N) is 1. The number of carbonyl (C=O) groups excluding carboxylic acids is 1. The van der Waals surface area contributed by atoms with Crippen molar-refractivity contribution in [3.63, 3.8) is 0 Å². The first-order chi connectivity index (χ1) is 11.1. The minimum absolute atomic E-state index is 0.0447. The molecule has 3 heteroatoms. The molecule has 0 amide bonds. The summed E-state index contributed by atoms with van der Waals surface area (Å²) in [5.41, 5.74) is 2.47. The number of benzene rings is 2. The smallest absolute Gasteiger partial charge is 0.226 e. The van der Waals surface area contributed by atoms with Crippen molar-refractivity contribution in [1.29, 1.82) is 0 Å². The average molecular weight is 305 g/mol. The van der Waals surface area contributed by atoms with Crippen LogP contribution < -0.4 is 0 Å². The Kier molecular flexibility index (Phi) is 4.38. The predicted octanol–water partition coefficient (Wildman–Crippen LogP) is 4.89. The normalized spacial score (nSPS) is 10.9. The molecule has 0 N–H and O–H groups in total. The molecule has 2 aromatic carbocycles.